The zero-order chi connectivity index (χ0) is 23.0. The molecule has 2 heterocycles. The molecule has 9 heteroatoms. The molecule has 0 aliphatic carbocycles. The molecule has 0 aromatic heterocycles. The van der Waals surface area contributed by atoms with Crippen LogP contribution in [0, 0.1) is 0 Å². The number of carbonyl (C=O) groups excluding carboxylic acids is 1. The quantitative estimate of drug-likeness (QED) is 0.615. The minimum absolute atomic E-state index is 0.140. The SMILES string of the molecule is COc1ccc(S(=O)(=O)N2CCCc3cc(NC(=O)c4ccc5c(c4)OCO5)ccc32)cc1. The zero-order valence-corrected chi connectivity index (χ0v) is 18.7. The maximum Gasteiger partial charge on any atom is 0.264 e. The number of fused-ring (bicyclic) bond motifs is 2. The summed E-state index contributed by atoms with van der Waals surface area (Å²) >= 11 is 0. The van der Waals surface area contributed by atoms with Crippen molar-refractivity contribution in [2.75, 3.05) is 30.1 Å². The molecule has 170 valence electrons. The van der Waals surface area contributed by atoms with Crippen molar-refractivity contribution in [1.29, 1.82) is 0 Å². The van der Waals surface area contributed by atoms with Gasteiger partial charge in [0.25, 0.3) is 15.9 Å². The van der Waals surface area contributed by atoms with Gasteiger partial charge in [0.05, 0.1) is 17.7 Å². The molecule has 2 aliphatic rings. The van der Waals surface area contributed by atoms with Gasteiger partial charge < -0.3 is 19.5 Å². The van der Waals surface area contributed by atoms with Crippen molar-refractivity contribution >= 4 is 27.3 Å². The molecule has 3 aromatic carbocycles. The van der Waals surface area contributed by atoms with Crippen molar-refractivity contribution < 1.29 is 27.4 Å². The van der Waals surface area contributed by atoms with Crippen LogP contribution >= 0.6 is 0 Å². The van der Waals surface area contributed by atoms with Crippen LogP contribution in [-0.2, 0) is 16.4 Å². The Morgan fingerprint density at radius 3 is 2.58 bits per heavy atom. The van der Waals surface area contributed by atoms with Gasteiger partial charge in [-0.25, -0.2) is 8.42 Å². The van der Waals surface area contributed by atoms with Crippen LogP contribution in [0.3, 0.4) is 0 Å². The number of nitrogens with zero attached hydrogens (tertiary/aromatic N) is 1. The second-order valence-corrected chi connectivity index (χ2v) is 9.58. The Labute approximate surface area is 191 Å². The molecule has 5 rings (SSSR count). The van der Waals surface area contributed by atoms with E-state index in [-0.39, 0.29) is 17.6 Å². The molecule has 2 aliphatic heterocycles. The number of carbonyl (C=O) groups is 1. The van der Waals surface area contributed by atoms with Crippen molar-refractivity contribution in [3.8, 4) is 17.2 Å². The lowest BCUT2D eigenvalue weighted by molar-refractivity contribution is 0.102. The number of ether oxygens (including phenoxy) is 3. The number of nitrogens with one attached hydrogen (secondary N) is 1. The molecule has 0 spiro atoms. The van der Waals surface area contributed by atoms with Gasteiger partial charge in [0.2, 0.25) is 6.79 Å². The van der Waals surface area contributed by atoms with E-state index in [0.29, 0.717) is 47.2 Å². The highest BCUT2D eigenvalue weighted by atomic mass is 32.2. The van der Waals surface area contributed by atoms with Crippen molar-refractivity contribution in [2.45, 2.75) is 17.7 Å². The Bertz CT molecular complexity index is 1320. The van der Waals surface area contributed by atoms with Crippen LogP contribution in [0.2, 0.25) is 0 Å². The molecular weight excluding hydrogens is 444 g/mol. The van der Waals surface area contributed by atoms with E-state index < -0.39 is 10.0 Å². The zero-order valence-electron chi connectivity index (χ0n) is 17.9. The first kappa shape index (κ1) is 21.1. The number of hydrogen-bond acceptors (Lipinski definition) is 6. The van der Waals surface area contributed by atoms with Crippen LogP contribution in [0.5, 0.6) is 17.2 Å². The molecule has 8 nitrogen and oxygen atoms in total. The number of amides is 1. The minimum Gasteiger partial charge on any atom is -0.497 e. The Kier molecular flexibility index (Phi) is 5.33. The topological polar surface area (TPSA) is 94.2 Å². The first-order chi connectivity index (χ1) is 16.0. The van der Waals surface area contributed by atoms with E-state index in [0.717, 1.165) is 12.0 Å². The number of anilines is 2. The molecule has 0 bridgehead atoms. The van der Waals surface area contributed by atoms with Gasteiger partial charge in [-0.05, 0) is 79.1 Å². The number of methoxy groups -OCH3 is 1. The van der Waals surface area contributed by atoms with Crippen LogP contribution < -0.4 is 23.8 Å². The monoisotopic (exact) mass is 466 g/mol. The molecule has 3 aromatic rings. The molecule has 33 heavy (non-hydrogen) atoms. The summed E-state index contributed by atoms with van der Waals surface area (Å²) in [5.74, 6) is 1.45. The fourth-order valence-electron chi connectivity index (χ4n) is 4.01. The molecule has 0 radical (unpaired) electrons. The summed E-state index contributed by atoms with van der Waals surface area (Å²) in [5.41, 5.74) is 2.53. The summed E-state index contributed by atoms with van der Waals surface area (Å²) in [6, 6.07) is 16.6. The Morgan fingerprint density at radius 2 is 1.79 bits per heavy atom. The molecule has 1 N–H and O–H groups in total. The highest BCUT2D eigenvalue weighted by molar-refractivity contribution is 7.92. The van der Waals surface area contributed by atoms with E-state index in [1.54, 1.807) is 54.6 Å². The lowest BCUT2D eigenvalue weighted by Crippen LogP contribution is -2.35. The molecule has 1 amide bonds. The predicted octanol–water partition coefficient (Wildman–Crippen LogP) is 3.82. The van der Waals surface area contributed by atoms with E-state index in [1.165, 1.54) is 11.4 Å². The Balaban J connectivity index is 1.38. The van der Waals surface area contributed by atoms with Gasteiger partial charge in [-0.1, -0.05) is 0 Å². The van der Waals surface area contributed by atoms with Gasteiger partial charge in [0.1, 0.15) is 5.75 Å². The molecule has 0 saturated heterocycles. The fraction of sp³-hybridized carbons (Fsp3) is 0.208. The average molecular weight is 467 g/mol. The van der Waals surface area contributed by atoms with Gasteiger partial charge in [0, 0.05) is 17.8 Å². The first-order valence-electron chi connectivity index (χ1n) is 10.5. The van der Waals surface area contributed by atoms with Gasteiger partial charge >= 0.3 is 0 Å². The third kappa shape index (κ3) is 3.95. The lowest BCUT2D eigenvalue weighted by atomic mass is 10.0. The Morgan fingerprint density at radius 1 is 1.00 bits per heavy atom. The van der Waals surface area contributed by atoms with Gasteiger partial charge in [-0.15, -0.1) is 0 Å². The van der Waals surface area contributed by atoms with E-state index in [4.69, 9.17) is 14.2 Å². The third-order valence-corrected chi connectivity index (χ3v) is 7.52. The summed E-state index contributed by atoms with van der Waals surface area (Å²) in [4.78, 5) is 12.9. The average Bonchev–Trinajstić information content (AvgIpc) is 3.31. The predicted molar refractivity (Wildman–Crippen MR) is 123 cm³/mol. The van der Waals surface area contributed by atoms with Crippen LogP contribution in [0.4, 0.5) is 11.4 Å². The van der Waals surface area contributed by atoms with E-state index >= 15 is 0 Å². The largest absolute Gasteiger partial charge is 0.497 e. The molecular formula is C24H22N2O6S. The van der Waals surface area contributed by atoms with Crippen molar-refractivity contribution in [2.24, 2.45) is 0 Å². The minimum atomic E-state index is -3.72. The second-order valence-electron chi connectivity index (χ2n) is 7.72. The van der Waals surface area contributed by atoms with Gasteiger partial charge in [0.15, 0.2) is 11.5 Å². The van der Waals surface area contributed by atoms with Crippen LogP contribution in [-0.4, -0.2) is 34.8 Å². The van der Waals surface area contributed by atoms with Crippen LogP contribution in [0.15, 0.2) is 65.6 Å². The summed E-state index contributed by atoms with van der Waals surface area (Å²) < 4.78 is 43.7. The normalized spacial score (nSPS) is 14.5. The van der Waals surface area contributed by atoms with E-state index in [1.807, 2.05) is 6.07 Å². The van der Waals surface area contributed by atoms with Crippen molar-refractivity contribution in [3.05, 3.63) is 71.8 Å². The summed E-state index contributed by atoms with van der Waals surface area (Å²) in [6.07, 6.45) is 1.40. The highest BCUT2D eigenvalue weighted by Gasteiger charge is 2.29. The molecule has 0 unspecified atom stereocenters. The maximum atomic E-state index is 13.3. The smallest absolute Gasteiger partial charge is 0.264 e. The summed E-state index contributed by atoms with van der Waals surface area (Å²) in [7, 11) is -2.19. The summed E-state index contributed by atoms with van der Waals surface area (Å²) in [5, 5.41) is 2.88. The lowest BCUT2D eigenvalue weighted by Gasteiger charge is -2.31. The molecule has 0 fully saturated rings. The number of rotatable bonds is 5. The highest BCUT2D eigenvalue weighted by Crippen LogP contribution is 2.35. The van der Waals surface area contributed by atoms with Gasteiger partial charge in [-0.2, -0.15) is 0 Å². The standard InChI is InChI=1S/C24H22N2O6S/c1-30-19-6-8-20(9-7-19)33(28,29)26-12-2-3-16-13-18(5-10-21(16)26)25-24(27)17-4-11-22-23(14-17)32-15-31-22/h4-11,13-14H,2-3,12,15H2,1H3,(H,25,27). The second kappa shape index (κ2) is 8.32. The summed E-state index contributed by atoms with van der Waals surface area (Å²) in [6.45, 7) is 0.533. The van der Waals surface area contributed by atoms with Crippen molar-refractivity contribution in [3.63, 3.8) is 0 Å². The van der Waals surface area contributed by atoms with Crippen LogP contribution in [0.1, 0.15) is 22.3 Å². The first-order valence-corrected chi connectivity index (χ1v) is 11.9. The van der Waals surface area contributed by atoms with Gasteiger partial charge in [-0.3, -0.25) is 9.10 Å². The molecule has 0 saturated carbocycles. The number of sulfonamides is 1. The van der Waals surface area contributed by atoms with E-state index in [9.17, 15) is 13.2 Å². The molecule has 0 atom stereocenters. The Hall–Kier alpha value is -3.72. The maximum absolute atomic E-state index is 13.3. The van der Waals surface area contributed by atoms with Crippen LogP contribution in [0.25, 0.3) is 0 Å². The number of hydrogen-bond donors (Lipinski definition) is 1. The third-order valence-electron chi connectivity index (χ3n) is 5.70. The number of aryl methyl sites for hydroxylation is 1. The fourth-order valence-corrected chi connectivity index (χ4v) is 5.55. The number of benzene rings is 3. The van der Waals surface area contributed by atoms with Crippen molar-refractivity contribution in [1.82, 2.24) is 0 Å². The van der Waals surface area contributed by atoms with E-state index in [2.05, 4.69) is 5.32 Å².